The van der Waals surface area contributed by atoms with Gasteiger partial charge in [-0.1, -0.05) is 30.3 Å². The van der Waals surface area contributed by atoms with E-state index in [0.717, 1.165) is 14.2 Å². The molecule has 0 heterocycles. The van der Waals surface area contributed by atoms with Crippen molar-refractivity contribution in [1.82, 2.24) is 4.31 Å². The number of carbonyl (C=O) groups is 1. The van der Waals surface area contributed by atoms with E-state index in [1.165, 1.54) is 14.1 Å². The van der Waals surface area contributed by atoms with Crippen LogP contribution in [0.5, 0.6) is 0 Å². The normalized spacial score (nSPS) is 11.4. The van der Waals surface area contributed by atoms with Gasteiger partial charge in [-0.15, -0.1) is 0 Å². The van der Waals surface area contributed by atoms with Crippen molar-refractivity contribution >= 4 is 27.5 Å². The van der Waals surface area contributed by atoms with E-state index in [1.807, 2.05) is 6.07 Å². The maximum absolute atomic E-state index is 12.6. The number of ether oxygens (including phenoxy) is 1. The van der Waals surface area contributed by atoms with Crippen LogP contribution in [0, 0.1) is 0 Å². The number of methoxy groups -OCH3 is 1. The zero-order chi connectivity index (χ0) is 19.2. The molecule has 26 heavy (non-hydrogen) atoms. The summed E-state index contributed by atoms with van der Waals surface area (Å²) in [6, 6.07) is 15.7. The molecule has 0 bridgehead atoms. The van der Waals surface area contributed by atoms with Gasteiger partial charge < -0.3 is 10.1 Å². The number of rotatable bonds is 8. The summed E-state index contributed by atoms with van der Waals surface area (Å²) >= 11 is 0. The number of nitrogens with zero attached hydrogens (tertiary/aromatic N) is 2. The second-order valence-electron chi connectivity index (χ2n) is 5.81. The van der Waals surface area contributed by atoms with Crippen molar-refractivity contribution in [3.63, 3.8) is 0 Å². The SMILES string of the molecule is COCc1cccc(NC(=O)CN(c2ccccc2)S(=O)(=O)N(C)C)c1. The maximum Gasteiger partial charge on any atom is 0.304 e. The number of nitrogens with one attached hydrogen (secondary N) is 1. The van der Waals surface area contributed by atoms with E-state index in [-0.39, 0.29) is 6.54 Å². The third kappa shape index (κ3) is 5.04. The average molecular weight is 377 g/mol. The van der Waals surface area contributed by atoms with Gasteiger partial charge in [0, 0.05) is 26.9 Å². The molecular formula is C18H23N3O4S. The Bertz CT molecular complexity index is 839. The Hall–Kier alpha value is -2.42. The quantitative estimate of drug-likeness (QED) is 0.764. The fraction of sp³-hybridized carbons (Fsp3) is 0.278. The molecule has 2 aromatic rings. The van der Waals surface area contributed by atoms with Crippen LogP contribution >= 0.6 is 0 Å². The van der Waals surface area contributed by atoms with Crippen LogP contribution in [-0.4, -0.2) is 46.4 Å². The van der Waals surface area contributed by atoms with Gasteiger partial charge in [-0.05, 0) is 29.8 Å². The monoisotopic (exact) mass is 377 g/mol. The van der Waals surface area contributed by atoms with Gasteiger partial charge >= 0.3 is 10.2 Å². The molecule has 0 aliphatic carbocycles. The van der Waals surface area contributed by atoms with Crippen molar-refractivity contribution in [2.45, 2.75) is 6.61 Å². The van der Waals surface area contributed by atoms with Gasteiger partial charge in [0.05, 0.1) is 12.3 Å². The van der Waals surface area contributed by atoms with Crippen LogP contribution in [0.2, 0.25) is 0 Å². The highest BCUT2D eigenvalue weighted by molar-refractivity contribution is 7.90. The lowest BCUT2D eigenvalue weighted by Crippen LogP contribution is -2.44. The van der Waals surface area contributed by atoms with E-state index < -0.39 is 16.1 Å². The minimum atomic E-state index is -3.81. The molecule has 140 valence electrons. The number of para-hydroxylation sites is 1. The molecule has 0 unspecified atom stereocenters. The molecule has 2 aromatic carbocycles. The van der Waals surface area contributed by atoms with Crippen LogP contribution in [0.1, 0.15) is 5.56 Å². The molecule has 0 spiro atoms. The summed E-state index contributed by atoms with van der Waals surface area (Å²) in [5.41, 5.74) is 1.91. The predicted octanol–water partition coefficient (Wildman–Crippen LogP) is 2.08. The van der Waals surface area contributed by atoms with E-state index >= 15 is 0 Å². The summed E-state index contributed by atoms with van der Waals surface area (Å²) in [5.74, 6) is -0.436. The molecule has 0 aromatic heterocycles. The van der Waals surface area contributed by atoms with Crippen molar-refractivity contribution in [3.05, 3.63) is 60.2 Å². The van der Waals surface area contributed by atoms with Crippen molar-refractivity contribution in [3.8, 4) is 0 Å². The maximum atomic E-state index is 12.6. The Labute approximate surface area is 154 Å². The molecule has 0 saturated carbocycles. The number of hydrogen-bond acceptors (Lipinski definition) is 4. The molecule has 7 nitrogen and oxygen atoms in total. The van der Waals surface area contributed by atoms with Gasteiger partial charge in [-0.25, -0.2) is 4.31 Å². The van der Waals surface area contributed by atoms with Gasteiger partial charge in [-0.3, -0.25) is 4.79 Å². The lowest BCUT2D eigenvalue weighted by atomic mass is 10.2. The zero-order valence-electron chi connectivity index (χ0n) is 15.0. The van der Waals surface area contributed by atoms with Crippen molar-refractivity contribution in [2.24, 2.45) is 0 Å². The van der Waals surface area contributed by atoms with Crippen molar-refractivity contribution in [1.29, 1.82) is 0 Å². The van der Waals surface area contributed by atoms with Crippen LogP contribution in [0.3, 0.4) is 0 Å². The van der Waals surface area contributed by atoms with Gasteiger partial charge in [0.2, 0.25) is 5.91 Å². The summed E-state index contributed by atoms with van der Waals surface area (Å²) in [7, 11) is 0.638. The zero-order valence-corrected chi connectivity index (χ0v) is 15.9. The lowest BCUT2D eigenvalue weighted by molar-refractivity contribution is -0.114. The second kappa shape index (κ2) is 8.79. The Morgan fingerprint density at radius 3 is 2.38 bits per heavy atom. The molecule has 0 atom stereocenters. The molecule has 1 amide bonds. The van der Waals surface area contributed by atoms with Gasteiger partial charge in [0.25, 0.3) is 0 Å². The minimum Gasteiger partial charge on any atom is -0.380 e. The number of hydrogen-bond donors (Lipinski definition) is 1. The molecule has 0 aliphatic heterocycles. The third-order valence-corrected chi connectivity index (χ3v) is 5.41. The highest BCUT2D eigenvalue weighted by Crippen LogP contribution is 2.19. The topological polar surface area (TPSA) is 79.0 Å². The fourth-order valence-electron chi connectivity index (χ4n) is 2.33. The number of benzene rings is 2. The summed E-state index contributed by atoms with van der Waals surface area (Å²) in [6.45, 7) is 0.0912. The third-order valence-electron chi connectivity index (χ3n) is 3.59. The molecule has 0 radical (unpaired) electrons. The van der Waals surface area contributed by atoms with Crippen LogP contribution < -0.4 is 9.62 Å². The first kappa shape index (κ1) is 19.9. The molecule has 0 fully saturated rings. The van der Waals surface area contributed by atoms with E-state index in [2.05, 4.69) is 5.32 Å². The van der Waals surface area contributed by atoms with Crippen molar-refractivity contribution < 1.29 is 17.9 Å². The lowest BCUT2D eigenvalue weighted by Gasteiger charge is -2.26. The summed E-state index contributed by atoms with van der Waals surface area (Å²) < 4.78 is 32.4. The van der Waals surface area contributed by atoms with Gasteiger partial charge in [-0.2, -0.15) is 12.7 Å². The summed E-state index contributed by atoms with van der Waals surface area (Å²) in [5, 5.41) is 2.73. The largest absolute Gasteiger partial charge is 0.380 e. The highest BCUT2D eigenvalue weighted by Gasteiger charge is 2.27. The minimum absolute atomic E-state index is 0.334. The number of anilines is 2. The van der Waals surface area contributed by atoms with Crippen LogP contribution in [0.25, 0.3) is 0 Å². The Kier molecular flexibility index (Phi) is 6.73. The van der Waals surface area contributed by atoms with E-state index in [4.69, 9.17) is 4.74 Å². The van der Waals surface area contributed by atoms with E-state index in [9.17, 15) is 13.2 Å². The standard InChI is InChI=1S/C18H23N3O4S/c1-20(2)26(23,24)21(17-10-5-4-6-11-17)13-18(22)19-16-9-7-8-15(12-16)14-25-3/h4-12H,13-14H2,1-3H3,(H,19,22). The van der Waals surface area contributed by atoms with Crippen molar-refractivity contribution in [2.75, 3.05) is 37.4 Å². The predicted molar refractivity (Wildman–Crippen MR) is 102 cm³/mol. The van der Waals surface area contributed by atoms with Gasteiger partial charge in [0.15, 0.2) is 0 Å². The Balaban J connectivity index is 2.20. The first-order chi connectivity index (χ1) is 12.3. The first-order valence-electron chi connectivity index (χ1n) is 7.97. The molecular weight excluding hydrogens is 354 g/mol. The molecule has 8 heteroatoms. The highest BCUT2D eigenvalue weighted by atomic mass is 32.2. The number of amides is 1. The molecule has 0 aliphatic rings. The van der Waals surface area contributed by atoms with Crippen LogP contribution in [-0.2, 0) is 26.3 Å². The Morgan fingerprint density at radius 1 is 1.08 bits per heavy atom. The molecule has 2 rings (SSSR count). The average Bonchev–Trinajstić information content (AvgIpc) is 2.61. The van der Waals surface area contributed by atoms with E-state index in [1.54, 1.807) is 55.6 Å². The second-order valence-corrected chi connectivity index (χ2v) is 7.88. The first-order valence-corrected chi connectivity index (χ1v) is 9.37. The number of carbonyl (C=O) groups excluding carboxylic acids is 1. The molecule has 1 N–H and O–H groups in total. The summed E-state index contributed by atoms with van der Waals surface area (Å²) in [4.78, 5) is 12.5. The Morgan fingerprint density at radius 2 is 1.77 bits per heavy atom. The van der Waals surface area contributed by atoms with Gasteiger partial charge in [0.1, 0.15) is 6.54 Å². The van der Waals surface area contributed by atoms with E-state index in [0.29, 0.717) is 18.0 Å². The molecule has 0 saturated heterocycles. The van der Waals surface area contributed by atoms with Crippen LogP contribution in [0.4, 0.5) is 11.4 Å². The smallest absolute Gasteiger partial charge is 0.304 e. The fourth-order valence-corrected chi connectivity index (χ4v) is 3.40. The summed E-state index contributed by atoms with van der Waals surface area (Å²) in [6.07, 6.45) is 0. The van der Waals surface area contributed by atoms with Crippen LogP contribution in [0.15, 0.2) is 54.6 Å².